The lowest BCUT2D eigenvalue weighted by Crippen LogP contribution is -2.43. The first-order valence-corrected chi connectivity index (χ1v) is 12.4. The molecule has 1 saturated heterocycles. The summed E-state index contributed by atoms with van der Waals surface area (Å²) in [6.07, 6.45) is 8.61. The minimum Gasteiger partial charge on any atom is -0.378 e. The largest absolute Gasteiger partial charge is 0.378 e. The van der Waals surface area contributed by atoms with Crippen molar-refractivity contribution in [3.8, 4) is 0 Å². The summed E-state index contributed by atoms with van der Waals surface area (Å²) in [4.78, 5) is 0. The Morgan fingerprint density at radius 3 is 2.47 bits per heavy atom. The molecule has 170 valence electrons. The normalized spacial score (nSPS) is 18.6. The van der Waals surface area contributed by atoms with Crippen molar-refractivity contribution in [3.05, 3.63) is 29.8 Å². The summed E-state index contributed by atoms with van der Waals surface area (Å²) >= 11 is 0. The molecule has 1 aromatic carbocycles. The topological polar surface area (TPSA) is 70.7 Å². The molecular weight excluding hydrogens is 412 g/mol. The van der Waals surface area contributed by atoms with E-state index in [-0.39, 0.29) is 11.8 Å². The molecule has 2 aliphatic rings. The van der Waals surface area contributed by atoms with Crippen molar-refractivity contribution in [1.29, 1.82) is 0 Å². The highest BCUT2D eigenvalue weighted by molar-refractivity contribution is 7.90. The molecule has 1 aliphatic carbocycles. The Bertz CT molecular complexity index is 767. The van der Waals surface area contributed by atoms with E-state index in [1.165, 1.54) is 36.5 Å². The molecule has 1 aromatic rings. The highest BCUT2D eigenvalue weighted by Crippen LogP contribution is 2.27. The van der Waals surface area contributed by atoms with Crippen LogP contribution < -0.4 is 10.0 Å². The second-order valence-corrected chi connectivity index (χ2v) is 9.93. The van der Waals surface area contributed by atoms with E-state index in [4.69, 9.17) is 4.74 Å². The second kappa shape index (κ2) is 11.4. The Kier molecular flexibility index (Phi) is 8.85. The Labute approximate surface area is 178 Å². The zero-order chi connectivity index (χ0) is 21.4. The zero-order valence-electron chi connectivity index (χ0n) is 17.4. The summed E-state index contributed by atoms with van der Waals surface area (Å²) in [5, 5.41) is 3.50. The Hall–Kier alpha value is -1.29. The Morgan fingerprint density at radius 2 is 1.77 bits per heavy atom. The van der Waals surface area contributed by atoms with E-state index in [0.29, 0.717) is 38.6 Å². The van der Waals surface area contributed by atoms with E-state index in [1.54, 1.807) is 0 Å². The van der Waals surface area contributed by atoms with Crippen LogP contribution in [0.2, 0.25) is 0 Å². The standard InChI is InChI=1S/C21H33F2N3O3S/c22-18-7-8-21(20(23)15-18)25-30(27,28)26-12-9-19(10-13-26)29-14-4-2-1-3-11-24-16-17-5-6-17/h7-8,15,17,19,24-25H,1-6,9-14,16H2. The van der Waals surface area contributed by atoms with Gasteiger partial charge in [0.2, 0.25) is 0 Å². The van der Waals surface area contributed by atoms with Crippen molar-refractivity contribution >= 4 is 15.9 Å². The fraction of sp³-hybridized carbons (Fsp3) is 0.714. The molecule has 2 fully saturated rings. The highest BCUT2D eigenvalue weighted by Gasteiger charge is 2.29. The van der Waals surface area contributed by atoms with Crippen molar-refractivity contribution in [2.45, 2.75) is 57.5 Å². The first-order chi connectivity index (χ1) is 14.4. The van der Waals surface area contributed by atoms with E-state index in [9.17, 15) is 17.2 Å². The van der Waals surface area contributed by atoms with Crippen LogP contribution >= 0.6 is 0 Å². The number of anilines is 1. The minimum atomic E-state index is -3.88. The molecule has 30 heavy (non-hydrogen) atoms. The molecule has 0 aromatic heterocycles. The van der Waals surface area contributed by atoms with Gasteiger partial charge in [-0.3, -0.25) is 4.72 Å². The summed E-state index contributed by atoms with van der Waals surface area (Å²) in [5.74, 6) is -0.756. The number of unbranched alkanes of at least 4 members (excludes halogenated alkanes) is 3. The van der Waals surface area contributed by atoms with Crippen LogP contribution in [0.15, 0.2) is 18.2 Å². The van der Waals surface area contributed by atoms with Gasteiger partial charge in [0.05, 0.1) is 11.8 Å². The molecule has 0 bridgehead atoms. The van der Waals surface area contributed by atoms with Crippen molar-refractivity contribution in [2.75, 3.05) is 37.5 Å². The van der Waals surface area contributed by atoms with Crippen LogP contribution in [-0.2, 0) is 14.9 Å². The van der Waals surface area contributed by atoms with Gasteiger partial charge in [0, 0.05) is 25.8 Å². The summed E-state index contributed by atoms with van der Waals surface area (Å²) in [5.41, 5.74) is -0.252. The molecule has 0 atom stereocenters. The number of piperidine rings is 1. The lowest BCUT2D eigenvalue weighted by Gasteiger charge is -2.31. The third-order valence-corrected chi connectivity index (χ3v) is 7.17. The predicted octanol–water partition coefficient (Wildman–Crippen LogP) is 3.66. The fourth-order valence-electron chi connectivity index (χ4n) is 3.60. The summed E-state index contributed by atoms with van der Waals surface area (Å²) < 4.78 is 61.0. The maximum absolute atomic E-state index is 13.7. The maximum Gasteiger partial charge on any atom is 0.301 e. The zero-order valence-corrected chi connectivity index (χ0v) is 18.2. The average molecular weight is 446 g/mol. The van der Waals surface area contributed by atoms with Gasteiger partial charge in [-0.1, -0.05) is 12.8 Å². The van der Waals surface area contributed by atoms with Crippen LogP contribution in [0.5, 0.6) is 0 Å². The molecule has 2 N–H and O–H groups in total. The van der Waals surface area contributed by atoms with E-state index >= 15 is 0 Å². The molecule has 9 heteroatoms. The van der Waals surface area contributed by atoms with Gasteiger partial charge in [0.15, 0.2) is 0 Å². The average Bonchev–Trinajstić information content (AvgIpc) is 3.54. The molecule has 0 spiro atoms. The number of hydrogen-bond donors (Lipinski definition) is 2. The van der Waals surface area contributed by atoms with Gasteiger partial charge in [0.25, 0.3) is 0 Å². The van der Waals surface area contributed by atoms with Gasteiger partial charge >= 0.3 is 10.2 Å². The number of nitrogens with one attached hydrogen (secondary N) is 2. The van der Waals surface area contributed by atoms with Crippen LogP contribution in [-0.4, -0.2) is 51.6 Å². The monoisotopic (exact) mass is 445 g/mol. The number of rotatable bonds is 13. The third-order valence-electron chi connectivity index (χ3n) is 5.64. The number of hydrogen-bond acceptors (Lipinski definition) is 4. The lowest BCUT2D eigenvalue weighted by atomic mass is 10.1. The second-order valence-electron chi connectivity index (χ2n) is 8.26. The molecule has 1 aliphatic heterocycles. The highest BCUT2D eigenvalue weighted by atomic mass is 32.2. The molecule has 6 nitrogen and oxygen atoms in total. The van der Waals surface area contributed by atoms with Crippen molar-refractivity contribution in [2.24, 2.45) is 5.92 Å². The van der Waals surface area contributed by atoms with Crippen LogP contribution in [0.1, 0.15) is 51.4 Å². The number of nitrogens with zero attached hydrogens (tertiary/aromatic N) is 1. The maximum atomic E-state index is 13.7. The number of benzene rings is 1. The van der Waals surface area contributed by atoms with Crippen molar-refractivity contribution in [1.82, 2.24) is 9.62 Å². The smallest absolute Gasteiger partial charge is 0.301 e. The number of ether oxygens (including phenoxy) is 1. The van der Waals surface area contributed by atoms with E-state index < -0.39 is 21.8 Å². The van der Waals surface area contributed by atoms with Crippen molar-refractivity contribution < 1.29 is 21.9 Å². The third kappa shape index (κ3) is 7.76. The molecule has 0 unspecified atom stereocenters. The molecule has 3 rings (SSSR count). The summed E-state index contributed by atoms with van der Waals surface area (Å²) in [6, 6.07) is 2.76. The fourth-order valence-corrected chi connectivity index (χ4v) is 4.86. The molecular formula is C21H33F2N3O3S. The molecule has 1 heterocycles. The van der Waals surface area contributed by atoms with Crippen LogP contribution in [0, 0.1) is 17.6 Å². The van der Waals surface area contributed by atoms with Gasteiger partial charge in [-0.25, -0.2) is 8.78 Å². The molecule has 1 saturated carbocycles. The van der Waals surface area contributed by atoms with Gasteiger partial charge in [-0.2, -0.15) is 12.7 Å². The van der Waals surface area contributed by atoms with Gasteiger partial charge < -0.3 is 10.1 Å². The minimum absolute atomic E-state index is 0.0548. The Balaban J connectivity index is 1.26. The lowest BCUT2D eigenvalue weighted by molar-refractivity contribution is 0.0193. The number of halogens is 2. The predicted molar refractivity (Wildman–Crippen MR) is 114 cm³/mol. The van der Waals surface area contributed by atoms with Crippen molar-refractivity contribution in [3.63, 3.8) is 0 Å². The van der Waals surface area contributed by atoms with E-state index in [2.05, 4.69) is 10.0 Å². The van der Waals surface area contributed by atoms with Gasteiger partial charge in [-0.05, 0) is 69.7 Å². The first-order valence-electron chi connectivity index (χ1n) is 11.0. The van der Waals surface area contributed by atoms with Gasteiger partial charge in [0.1, 0.15) is 11.6 Å². The quantitative estimate of drug-likeness (QED) is 0.455. The Morgan fingerprint density at radius 1 is 1.03 bits per heavy atom. The van der Waals surface area contributed by atoms with E-state index in [0.717, 1.165) is 37.4 Å². The van der Waals surface area contributed by atoms with Crippen LogP contribution in [0.25, 0.3) is 0 Å². The van der Waals surface area contributed by atoms with Crippen LogP contribution in [0.3, 0.4) is 0 Å². The van der Waals surface area contributed by atoms with Crippen LogP contribution in [0.4, 0.5) is 14.5 Å². The SMILES string of the molecule is O=S(=O)(Nc1ccc(F)cc1F)N1CCC(OCCCCCCNCC2CC2)CC1. The summed E-state index contributed by atoms with van der Waals surface area (Å²) in [7, 11) is -3.88. The first kappa shape index (κ1) is 23.4. The van der Waals surface area contributed by atoms with E-state index in [1.807, 2.05) is 0 Å². The summed E-state index contributed by atoms with van der Waals surface area (Å²) in [6.45, 7) is 3.60. The molecule has 0 amide bonds. The van der Waals surface area contributed by atoms with Gasteiger partial charge in [-0.15, -0.1) is 0 Å². The molecule has 0 radical (unpaired) electrons.